The first-order chi connectivity index (χ1) is 12.4. The standard InChI is InChI=1S/C20H26N4O2/c1-20(2,3)26-19(25)24-14-17-11-18(24)13-23(17)16-7-4-6-15(10-16)12-22-9-5-8-21-22/h4-10,17-18H,11-14H2,1-3H3/t17-,18-/m0/s1. The van der Waals surface area contributed by atoms with E-state index in [9.17, 15) is 4.79 Å². The van der Waals surface area contributed by atoms with Crippen molar-refractivity contribution in [2.75, 3.05) is 18.0 Å². The smallest absolute Gasteiger partial charge is 0.410 e. The van der Waals surface area contributed by atoms with E-state index in [-0.39, 0.29) is 12.1 Å². The van der Waals surface area contributed by atoms with E-state index in [2.05, 4.69) is 34.3 Å². The van der Waals surface area contributed by atoms with E-state index in [1.165, 1.54) is 11.3 Å². The zero-order valence-corrected chi connectivity index (χ0v) is 15.6. The molecule has 0 aliphatic carbocycles. The van der Waals surface area contributed by atoms with Crippen LogP contribution in [0.4, 0.5) is 10.5 Å². The van der Waals surface area contributed by atoms with Gasteiger partial charge in [0.05, 0.1) is 12.6 Å². The van der Waals surface area contributed by atoms with Gasteiger partial charge in [-0.3, -0.25) is 4.68 Å². The largest absolute Gasteiger partial charge is 0.444 e. The number of amides is 1. The summed E-state index contributed by atoms with van der Waals surface area (Å²) in [6.07, 6.45) is 4.61. The Morgan fingerprint density at radius 3 is 2.73 bits per heavy atom. The van der Waals surface area contributed by atoms with Gasteiger partial charge < -0.3 is 14.5 Å². The van der Waals surface area contributed by atoms with Gasteiger partial charge in [0.2, 0.25) is 0 Å². The van der Waals surface area contributed by atoms with Crippen molar-refractivity contribution in [3.8, 4) is 0 Å². The van der Waals surface area contributed by atoms with E-state index < -0.39 is 5.60 Å². The molecule has 2 aliphatic rings. The number of nitrogens with zero attached hydrogens (tertiary/aromatic N) is 4. The van der Waals surface area contributed by atoms with Gasteiger partial charge >= 0.3 is 6.09 Å². The number of hydrogen-bond acceptors (Lipinski definition) is 4. The molecule has 0 N–H and O–H groups in total. The Kier molecular flexibility index (Phi) is 4.13. The molecule has 1 aromatic carbocycles. The van der Waals surface area contributed by atoms with E-state index in [1.54, 1.807) is 6.20 Å². The molecule has 2 fully saturated rings. The molecule has 26 heavy (non-hydrogen) atoms. The van der Waals surface area contributed by atoms with Crippen LogP contribution in [-0.4, -0.2) is 51.5 Å². The maximum atomic E-state index is 12.4. The first kappa shape index (κ1) is 16.9. The second-order valence-electron chi connectivity index (χ2n) is 8.20. The minimum Gasteiger partial charge on any atom is -0.444 e. The molecular weight excluding hydrogens is 328 g/mol. The number of anilines is 1. The number of carbonyl (C=O) groups is 1. The average Bonchev–Trinajstić information content (AvgIpc) is 3.30. The molecule has 3 heterocycles. The Morgan fingerprint density at radius 1 is 1.23 bits per heavy atom. The molecule has 2 aromatic rings. The number of carbonyl (C=O) groups excluding carboxylic acids is 1. The molecule has 2 bridgehead atoms. The Balaban J connectivity index is 1.43. The summed E-state index contributed by atoms with van der Waals surface area (Å²) in [5.41, 5.74) is 2.02. The zero-order valence-electron chi connectivity index (χ0n) is 15.6. The van der Waals surface area contributed by atoms with Crippen molar-refractivity contribution >= 4 is 11.8 Å². The second-order valence-corrected chi connectivity index (χ2v) is 8.20. The van der Waals surface area contributed by atoms with Gasteiger partial charge in [-0.1, -0.05) is 12.1 Å². The molecule has 0 radical (unpaired) electrons. The lowest BCUT2D eigenvalue weighted by atomic mass is 10.1. The van der Waals surface area contributed by atoms with E-state index >= 15 is 0 Å². The fraction of sp³-hybridized carbons (Fsp3) is 0.500. The summed E-state index contributed by atoms with van der Waals surface area (Å²) in [5.74, 6) is 0. The predicted molar refractivity (Wildman–Crippen MR) is 100 cm³/mol. The van der Waals surface area contributed by atoms with Crippen molar-refractivity contribution in [3.63, 3.8) is 0 Å². The van der Waals surface area contributed by atoms with Crippen LogP contribution in [0.5, 0.6) is 0 Å². The number of aromatic nitrogens is 2. The summed E-state index contributed by atoms with van der Waals surface area (Å²) >= 11 is 0. The molecule has 2 saturated heterocycles. The van der Waals surface area contributed by atoms with Crippen LogP contribution in [0.1, 0.15) is 32.8 Å². The van der Waals surface area contributed by atoms with Crippen LogP contribution >= 0.6 is 0 Å². The number of ether oxygens (including phenoxy) is 1. The van der Waals surface area contributed by atoms with Crippen molar-refractivity contribution in [1.82, 2.24) is 14.7 Å². The molecule has 0 saturated carbocycles. The van der Waals surface area contributed by atoms with Crippen LogP contribution in [-0.2, 0) is 11.3 Å². The molecule has 0 spiro atoms. The molecule has 4 rings (SSSR count). The van der Waals surface area contributed by atoms with Crippen molar-refractivity contribution in [2.45, 2.75) is 51.4 Å². The van der Waals surface area contributed by atoms with Gasteiger partial charge in [0.15, 0.2) is 0 Å². The third-order valence-electron chi connectivity index (χ3n) is 5.01. The normalized spacial score (nSPS) is 22.1. The van der Waals surface area contributed by atoms with Crippen LogP contribution in [0.15, 0.2) is 42.7 Å². The summed E-state index contributed by atoms with van der Waals surface area (Å²) in [5, 5.41) is 4.28. The fourth-order valence-electron chi connectivity index (χ4n) is 3.94. The highest BCUT2D eigenvalue weighted by Gasteiger charge is 2.46. The lowest BCUT2D eigenvalue weighted by Crippen LogP contribution is -2.50. The minimum absolute atomic E-state index is 0.183. The molecular formula is C20H26N4O2. The van der Waals surface area contributed by atoms with Crippen LogP contribution in [0.3, 0.4) is 0 Å². The number of hydrogen-bond donors (Lipinski definition) is 0. The maximum Gasteiger partial charge on any atom is 0.410 e. The quantitative estimate of drug-likeness (QED) is 0.850. The molecule has 1 amide bonds. The van der Waals surface area contributed by atoms with Gasteiger partial charge in [-0.05, 0) is 51.0 Å². The summed E-state index contributed by atoms with van der Waals surface area (Å²) < 4.78 is 7.48. The van der Waals surface area contributed by atoms with Gasteiger partial charge in [-0.15, -0.1) is 0 Å². The molecule has 6 heteroatoms. The van der Waals surface area contributed by atoms with Crippen LogP contribution in [0.2, 0.25) is 0 Å². The number of benzene rings is 1. The van der Waals surface area contributed by atoms with Gasteiger partial charge in [-0.2, -0.15) is 5.10 Å². The highest BCUT2D eigenvalue weighted by molar-refractivity contribution is 5.70. The highest BCUT2D eigenvalue weighted by Crippen LogP contribution is 2.35. The Morgan fingerprint density at radius 2 is 2.08 bits per heavy atom. The van der Waals surface area contributed by atoms with Crippen molar-refractivity contribution in [1.29, 1.82) is 0 Å². The summed E-state index contributed by atoms with van der Waals surface area (Å²) in [4.78, 5) is 16.7. The van der Waals surface area contributed by atoms with Crippen molar-refractivity contribution < 1.29 is 9.53 Å². The topological polar surface area (TPSA) is 50.6 Å². The van der Waals surface area contributed by atoms with E-state index in [0.29, 0.717) is 6.04 Å². The molecule has 2 atom stereocenters. The molecule has 6 nitrogen and oxygen atoms in total. The van der Waals surface area contributed by atoms with Gasteiger partial charge in [0, 0.05) is 37.2 Å². The zero-order chi connectivity index (χ0) is 18.3. The predicted octanol–water partition coefficient (Wildman–Crippen LogP) is 3.13. The molecule has 2 aliphatic heterocycles. The van der Waals surface area contributed by atoms with Gasteiger partial charge in [-0.25, -0.2) is 4.79 Å². The first-order valence-electron chi connectivity index (χ1n) is 9.22. The van der Waals surface area contributed by atoms with Crippen molar-refractivity contribution in [3.05, 3.63) is 48.3 Å². The van der Waals surface area contributed by atoms with Crippen LogP contribution in [0, 0.1) is 0 Å². The lowest BCUT2D eigenvalue weighted by molar-refractivity contribution is 0.0215. The third-order valence-corrected chi connectivity index (χ3v) is 5.01. The summed E-state index contributed by atoms with van der Waals surface area (Å²) in [7, 11) is 0. The van der Waals surface area contributed by atoms with Crippen LogP contribution < -0.4 is 4.90 Å². The van der Waals surface area contributed by atoms with E-state index in [1.807, 2.05) is 42.6 Å². The average molecular weight is 354 g/mol. The fourth-order valence-corrected chi connectivity index (χ4v) is 3.94. The van der Waals surface area contributed by atoms with Gasteiger partial charge in [0.25, 0.3) is 0 Å². The number of likely N-dealkylation sites (tertiary alicyclic amines) is 1. The SMILES string of the molecule is CC(C)(C)OC(=O)N1C[C@@H]2C[C@H]1CN2c1cccc(Cn2cccn2)c1. The summed E-state index contributed by atoms with van der Waals surface area (Å²) in [6, 6.07) is 11.2. The Labute approximate surface area is 154 Å². The first-order valence-corrected chi connectivity index (χ1v) is 9.22. The molecule has 0 unspecified atom stereocenters. The highest BCUT2D eigenvalue weighted by atomic mass is 16.6. The van der Waals surface area contributed by atoms with E-state index in [0.717, 1.165) is 26.1 Å². The Hall–Kier alpha value is -2.50. The van der Waals surface area contributed by atoms with E-state index in [4.69, 9.17) is 4.74 Å². The number of fused-ring (bicyclic) bond motifs is 2. The van der Waals surface area contributed by atoms with Crippen LogP contribution in [0.25, 0.3) is 0 Å². The van der Waals surface area contributed by atoms with Crippen molar-refractivity contribution in [2.24, 2.45) is 0 Å². The third kappa shape index (κ3) is 3.41. The summed E-state index contributed by atoms with van der Waals surface area (Å²) in [6.45, 7) is 8.12. The Bertz CT molecular complexity index is 781. The number of piperazine rings is 1. The lowest BCUT2D eigenvalue weighted by Gasteiger charge is -2.36. The second kappa shape index (κ2) is 6.34. The van der Waals surface area contributed by atoms with Gasteiger partial charge in [0.1, 0.15) is 5.60 Å². The number of rotatable bonds is 3. The molecule has 138 valence electrons. The monoisotopic (exact) mass is 354 g/mol. The minimum atomic E-state index is -0.445. The molecule has 1 aromatic heterocycles. The maximum absolute atomic E-state index is 12.4.